The van der Waals surface area contributed by atoms with E-state index in [9.17, 15) is 5.26 Å². The summed E-state index contributed by atoms with van der Waals surface area (Å²) in [6.45, 7) is 5.32. The number of H-pyrrole nitrogens is 1. The molecular formula is C23H26N4. The highest BCUT2D eigenvalue weighted by Crippen LogP contribution is 2.22. The van der Waals surface area contributed by atoms with Crippen molar-refractivity contribution in [2.75, 3.05) is 37.6 Å². The van der Waals surface area contributed by atoms with Crippen LogP contribution in [0.2, 0.25) is 0 Å². The van der Waals surface area contributed by atoms with Gasteiger partial charge in [0.05, 0.1) is 11.3 Å². The fourth-order valence-corrected chi connectivity index (χ4v) is 4.05. The fourth-order valence-electron chi connectivity index (χ4n) is 4.05. The number of nitrogens with one attached hydrogen (secondary N) is 1. The number of benzene rings is 2. The van der Waals surface area contributed by atoms with Crippen LogP contribution in [0.25, 0.3) is 10.9 Å². The highest BCUT2D eigenvalue weighted by molar-refractivity contribution is 5.82. The molecule has 1 fully saturated rings. The minimum absolute atomic E-state index is 0.782. The number of fused-ring (bicyclic) bond motifs is 1. The molecule has 0 bridgehead atoms. The number of anilines is 1. The van der Waals surface area contributed by atoms with Crippen molar-refractivity contribution in [3.8, 4) is 6.07 Å². The van der Waals surface area contributed by atoms with Crippen LogP contribution in [0.4, 0.5) is 5.69 Å². The van der Waals surface area contributed by atoms with Gasteiger partial charge in [-0.25, -0.2) is 0 Å². The van der Waals surface area contributed by atoms with Crippen LogP contribution in [-0.2, 0) is 6.42 Å². The van der Waals surface area contributed by atoms with Crippen LogP contribution in [0.5, 0.6) is 0 Å². The molecule has 4 rings (SSSR count). The molecule has 2 aromatic carbocycles. The Morgan fingerprint density at radius 2 is 1.70 bits per heavy atom. The standard InChI is InChI=1S/C23H26N4/c24-17-19-7-1-4-11-23(19)27-15-13-26(14-16-27)12-6-5-8-20-18-25-22-10-3-2-9-21(20)22/h1-4,7,9-11,18,25H,5-6,8,12-16H2. The van der Waals surface area contributed by atoms with Gasteiger partial charge in [-0.2, -0.15) is 5.26 Å². The summed E-state index contributed by atoms with van der Waals surface area (Å²) in [5, 5.41) is 10.7. The Hall–Kier alpha value is -2.77. The van der Waals surface area contributed by atoms with Crippen molar-refractivity contribution < 1.29 is 0 Å². The monoisotopic (exact) mass is 358 g/mol. The van der Waals surface area contributed by atoms with Gasteiger partial charge in [-0.3, -0.25) is 4.90 Å². The average molecular weight is 358 g/mol. The smallest absolute Gasteiger partial charge is 0.101 e. The molecule has 1 saturated heterocycles. The Balaban J connectivity index is 1.23. The Morgan fingerprint density at radius 1 is 0.926 bits per heavy atom. The number of unbranched alkanes of at least 4 members (excludes halogenated alkanes) is 1. The number of rotatable bonds is 6. The zero-order valence-corrected chi connectivity index (χ0v) is 15.7. The summed E-state index contributed by atoms with van der Waals surface area (Å²) >= 11 is 0. The average Bonchev–Trinajstić information content (AvgIpc) is 3.15. The summed E-state index contributed by atoms with van der Waals surface area (Å²) in [4.78, 5) is 8.27. The van der Waals surface area contributed by atoms with Gasteiger partial charge in [0.2, 0.25) is 0 Å². The van der Waals surface area contributed by atoms with Crippen LogP contribution >= 0.6 is 0 Å². The predicted octanol–water partition coefficient (Wildman–Crippen LogP) is 4.18. The number of nitrogens with zero attached hydrogens (tertiary/aromatic N) is 3. The zero-order chi connectivity index (χ0) is 18.5. The van der Waals surface area contributed by atoms with Crippen molar-refractivity contribution in [2.45, 2.75) is 19.3 Å². The molecule has 3 aromatic rings. The summed E-state index contributed by atoms with van der Waals surface area (Å²) < 4.78 is 0. The minimum Gasteiger partial charge on any atom is -0.368 e. The van der Waals surface area contributed by atoms with Gasteiger partial charge in [-0.1, -0.05) is 30.3 Å². The van der Waals surface area contributed by atoms with Gasteiger partial charge in [0.1, 0.15) is 6.07 Å². The number of para-hydroxylation sites is 2. The molecule has 1 aliphatic heterocycles. The maximum absolute atomic E-state index is 9.30. The lowest BCUT2D eigenvalue weighted by atomic mass is 10.1. The van der Waals surface area contributed by atoms with E-state index in [-0.39, 0.29) is 0 Å². The lowest BCUT2D eigenvalue weighted by molar-refractivity contribution is 0.253. The Kier molecular flexibility index (Phi) is 5.41. The molecule has 0 aliphatic carbocycles. The van der Waals surface area contributed by atoms with Crippen LogP contribution in [0.1, 0.15) is 24.0 Å². The van der Waals surface area contributed by atoms with Crippen molar-refractivity contribution >= 4 is 16.6 Å². The summed E-state index contributed by atoms with van der Waals surface area (Å²) in [6, 6.07) is 18.8. The molecule has 1 aliphatic rings. The van der Waals surface area contributed by atoms with Crippen LogP contribution in [0, 0.1) is 11.3 Å². The van der Waals surface area contributed by atoms with E-state index >= 15 is 0 Å². The van der Waals surface area contributed by atoms with Gasteiger partial charge in [0, 0.05) is 43.3 Å². The first-order valence-electron chi connectivity index (χ1n) is 9.86. The van der Waals surface area contributed by atoms with E-state index in [1.807, 2.05) is 18.2 Å². The fraction of sp³-hybridized carbons (Fsp3) is 0.348. The summed E-state index contributed by atoms with van der Waals surface area (Å²) in [5.74, 6) is 0. The number of nitriles is 1. The van der Waals surface area contributed by atoms with Crippen molar-refractivity contribution in [1.82, 2.24) is 9.88 Å². The van der Waals surface area contributed by atoms with E-state index in [0.717, 1.165) is 50.4 Å². The zero-order valence-electron chi connectivity index (χ0n) is 15.7. The van der Waals surface area contributed by atoms with Crippen LogP contribution in [-0.4, -0.2) is 42.6 Å². The quantitative estimate of drug-likeness (QED) is 0.672. The van der Waals surface area contributed by atoms with Crippen molar-refractivity contribution in [3.05, 3.63) is 65.9 Å². The molecule has 1 aromatic heterocycles. The molecule has 0 spiro atoms. The second-order valence-electron chi connectivity index (χ2n) is 7.27. The van der Waals surface area contributed by atoms with Gasteiger partial charge in [-0.05, 0) is 49.6 Å². The van der Waals surface area contributed by atoms with Gasteiger partial charge in [0.15, 0.2) is 0 Å². The largest absolute Gasteiger partial charge is 0.368 e. The third-order valence-electron chi connectivity index (χ3n) is 5.58. The molecule has 1 N–H and O–H groups in total. The SMILES string of the molecule is N#Cc1ccccc1N1CCN(CCCCc2c[nH]c3ccccc23)CC1. The lowest BCUT2D eigenvalue weighted by Crippen LogP contribution is -2.46. The normalized spacial score (nSPS) is 15.1. The number of piperazine rings is 1. The molecule has 0 amide bonds. The van der Waals surface area contributed by atoms with E-state index in [4.69, 9.17) is 0 Å². The van der Waals surface area contributed by atoms with Gasteiger partial charge >= 0.3 is 0 Å². The molecule has 0 unspecified atom stereocenters. The molecule has 2 heterocycles. The lowest BCUT2D eigenvalue weighted by Gasteiger charge is -2.36. The number of aromatic amines is 1. The van der Waals surface area contributed by atoms with Gasteiger partial charge < -0.3 is 9.88 Å². The second-order valence-corrected chi connectivity index (χ2v) is 7.27. The van der Waals surface area contributed by atoms with E-state index in [0.29, 0.717) is 0 Å². The van der Waals surface area contributed by atoms with E-state index in [1.165, 1.54) is 29.3 Å². The highest BCUT2D eigenvalue weighted by atomic mass is 15.3. The Morgan fingerprint density at radius 3 is 2.56 bits per heavy atom. The number of hydrogen-bond acceptors (Lipinski definition) is 3. The summed E-state index contributed by atoms with van der Waals surface area (Å²) in [5.41, 5.74) is 4.54. The van der Waals surface area contributed by atoms with Gasteiger partial charge in [0.25, 0.3) is 0 Å². The first kappa shape index (κ1) is 17.6. The number of hydrogen-bond donors (Lipinski definition) is 1. The number of aryl methyl sites for hydroxylation is 1. The van der Waals surface area contributed by atoms with E-state index < -0.39 is 0 Å². The molecule has 4 heteroatoms. The first-order chi connectivity index (χ1) is 13.3. The topological polar surface area (TPSA) is 46.1 Å². The molecule has 0 saturated carbocycles. The molecule has 138 valence electrons. The van der Waals surface area contributed by atoms with E-state index in [1.54, 1.807) is 0 Å². The third kappa shape index (κ3) is 3.99. The Labute approximate surface area is 161 Å². The van der Waals surface area contributed by atoms with Crippen LogP contribution in [0.15, 0.2) is 54.7 Å². The predicted molar refractivity (Wildman–Crippen MR) is 111 cm³/mol. The maximum atomic E-state index is 9.30. The van der Waals surface area contributed by atoms with Crippen molar-refractivity contribution in [1.29, 1.82) is 5.26 Å². The maximum Gasteiger partial charge on any atom is 0.101 e. The van der Waals surface area contributed by atoms with E-state index in [2.05, 4.69) is 57.4 Å². The van der Waals surface area contributed by atoms with Crippen molar-refractivity contribution in [3.63, 3.8) is 0 Å². The molecular weight excluding hydrogens is 332 g/mol. The molecule has 0 radical (unpaired) electrons. The summed E-state index contributed by atoms with van der Waals surface area (Å²) in [7, 11) is 0. The second kappa shape index (κ2) is 8.28. The molecule has 27 heavy (non-hydrogen) atoms. The first-order valence-corrected chi connectivity index (χ1v) is 9.86. The highest BCUT2D eigenvalue weighted by Gasteiger charge is 2.18. The molecule has 4 nitrogen and oxygen atoms in total. The minimum atomic E-state index is 0.782. The molecule has 0 atom stereocenters. The van der Waals surface area contributed by atoms with Gasteiger partial charge in [-0.15, -0.1) is 0 Å². The summed E-state index contributed by atoms with van der Waals surface area (Å²) in [6.07, 6.45) is 5.75. The third-order valence-corrected chi connectivity index (χ3v) is 5.58. The number of aromatic nitrogens is 1. The van der Waals surface area contributed by atoms with Crippen LogP contribution < -0.4 is 4.90 Å². The Bertz CT molecular complexity index is 929. The van der Waals surface area contributed by atoms with Crippen LogP contribution in [0.3, 0.4) is 0 Å². The van der Waals surface area contributed by atoms with Crippen molar-refractivity contribution in [2.24, 2.45) is 0 Å².